The van der Waals surface area contributed by atoms with E-state index in [1.54, 1.807) is 46.2 Å². The summed E-state index contributed by atoms with van der Waals surface area (Å²) in [4.78, 5) is 28.3. The van der Waals surface area contributed by atoms with Gasteiger partial charge >= 0.3 is 0 Å². The van der Waals surface area contributed by atoms with Crippen LogP contribution >= 0.6 is 0 Å². The fourth-order valence-electron chi connectivity index (χ4n) is 3.00. The SMILES string of the molecule is N#Cc1cccc(C(=O)N2CCN(C(=O)Cc3cccc(F)c3)CC2)c1. The van der Waals surface area contributed by atoms with E-state index >= 15 is 0 Å². The number of nitriles is 1. The standard InChI is InChI=1S/C20H18FN3O2/c21-18-6-2-3-15(12-18)13-19(25)23-7-9-24(10-8-23)20(26)17-5-1-4-16(11-17)14-22/h1-6,11-12H,7-10,13H2. The maximum atomic E-state index is 13.2. The van der Waals surface area contributed by atoms with Gasteiger partial charge in [-0.3, -0.25) is 9.59 Å². The largest absolute Gasteiger partial charge is 0.339 e. The van der Waals surface area contributed by atoms with E-state index in [0.717, 1.165) is 0 Å². The highest BCUT2D eigenvalue weighted by atomic mass is 19.1. The zero-order valence-corrected chi connectivity index (χ0v) is 14.2. The number of nitrogens with zero attached hydrogens (tertiary/aromatic N) is 3. The van der Waals surface area contributed by atoms with Crippen molar-refractivity contribution >= 4 is 11.8 Å². The fraction of sp³-hybridized carbons (Fsp3) is 0.250. The number of hydrogen-bond acceptors (Lipinski definition) is 3. The van der Waals surface area contributed by atoms with E-state index in [1.807, 2.05) is 6.07 Å². The van der Waals surface area contributed by atoms with Gasteiger partial charge in [0.1, 0.15) is 5.82 Å². The summed E-state index contributed by atoms with van der Waals surface area (Å²) >= 11 is 0. The summed E-state index contributed by atoms with van der Waals surface area (Å²) in [5.41, 5.74) is 1.56. The van der Waals surface area contributed by atoms with Gasteiger partial charge in [0.05, 0.1) is 18.1 Å². The van der Waals surface area contributed by atoms with Gasteiger partial charge < -0.3 is 9.80 Å². The molecule has 0 atom stereocenters. The van der Waals surface area contributed by atoms with E-state index in [1.165, 1.54) is 12.1 Å². The van der Waals surface area contributed by atoms with Crippen LogP contribution in [0.2, 0.25) is 0 Å². The summed E-state index contributed by atoms with van der Waals surface area (Å²) in [6.07, 6.45) is 0.149. The first-order valence-electron chi connectivity index (χ1n) is 8.38. The molecule has 5 nitrogen and oxygen atoms in total. The van der Waals surface area contributed by atoms with Gasteiger partial charge in [-0.05, 0) is 35.9 Å². The first-order chi connectivity index (χ1) is 12.6. The first-order valence-corrected chi connectivity index (χ1v) is 8.38. The van der Waals surface area contributed by atoms with Crippen LogP contribution in [0.1, 0.15) is 21.5 Å². The number of piperazine rings is 1. The lowest BCUT2D eigenvalue weighted by Crippen LogP contribution is -2.51. The average molecular weight is 351 g/mol. The number of hydrogen-bond donors (Lipinski definition) is 0. The minimum atomic E-state index is -0.356. The van der Waals surface area contributed by atoms with Crippen LogP contribution in [0.15, 0.2) is 48.5 Å². The van der Waals surface area contributed by atoms with E-state index in [2.05, 4.69) is 0 Å². The minimum absolute atomic E-state index is 0.0748. The highest BCUT2D eigenvalue weighted by Gasteiger charge is 2.25. The Morgan fingerprint density at radius 1 is 1.00 bits per heavy atom. The lowest BCUT2D eigenvalue weighted by Gasteiger charge is -2.35. The van der Waals surface area contributed by atoms with E-state index in [9.17, 15) is 14.0 Å². The Bertz CT molecular complexity index is 867. The van der Waals surface area contributed by atoms with Gasteiger partial charge in [0.15, 0.2) is 0 Å². The third-order valence-electron chi connectivity index (χ3n) is 4.40. The van der Waals surface area contributed by atoms with Gasteiger partial charge in [0.25, 0.3) is 5.91 Å². The van der Waals surface area contributed by atoms with Crippen molar-refractivity contribution in [3.05, 3.63) is 71.0 Å². The molecule has 0 radical (unpaired) electrons. The summed E-state index contributed by atoms with van der Waals surface area (Å²) < 4.78 is 13.2. The number of rotatable bonds is 3. The zero-order valence-electron chi connectivity index (χ0n) is 14.2. The molecule has 1 saturated heterocycles. The Morgan fingerprint density at radius 2 is 1.69 bits per heavy atom. The minimum Gasteiger partial charge on any atom is -0.339 e. The summed E-state index contributed by atoms with van der Waals surface area (Å²) in [5.74, 6) is -0.571. The van der Waals surface area contributed by atoms with Crippen molar-refractivity contribution in [2.24, 2.45) is 0 Å². The fourth-order valence-corrected chi connectivity index (χ4v) is 3.00. The molecule has 0 unspecified atom stereocenters. The molecule has 0 N–H and O–H groups in total. The highest BCUT2D eigenvalue weighted by Crippen LogP contribution is 2.12. The van der Waals surface area contributed by atoms with Crippen molar-refractivity contribution in [3.63, 3.8) is 0 Å². The predicted molar refractivity (Wildman–Crippen MR) is 93.7 cm³/mol. The molecule has 0 aliphatic carbocycles. The van der Waals surface area contributed by atoms with Gasteiger partial charge in [0, 0.05) is 31.7 Å². The number of carbonyl (C=O) groups is 2. The summed E-state index contributed by atoms with van der Waals surface area (Å²) in [6, 6.07) is 14.6. The van der Waals surface area contributed by atoms with Crippen molar-refractivity contribution in [1.29, 1.82) is 5.26 Å². The third kappa shape index (κ3) is 4.06. The maximum absolute atomic E-state index is 13.2. The second-order valence-electron chi connectivity index (χ2n) is 6.17. The van der Waals surface area contributed by atoms with Crippen LogP contribution in [0, 0.1) is 17.1 Å². The lowest BCUT2D eigenvalue weighted by molar-refractivity contribution is -0.131. The Balaban J connectivity index is 1.57. The topological polar surface area (TPSA) is 64.4 Å². The highest BCUT2D eigenvalue weighted by molar-refractivity contribution is 5.94. The van der Waals surface area contributed by atoms with Crippen LogP contribution in [0.3, 0.4) is 0 Å². The summed E-state index contributed by atoms with van der Waals surface area (Å²) in [5, 5.41) is 8.95. The number of benzene rings is 2. The van der Waals surface area contributed by atoms with Crippen molar-refractivity contribution in [2.45, 2.75) is 6.42 Å². The number of halogens is 1. The van der Waals surface area contributed by atoms with Crippen molar-refractivity contribution in [1.82, 2.24) is 9.80 Å². The monoisotopic (exact) mass is 351 g/mol. The molecule has 26 heavy (non-hydrogen) atoms. The molecule has 0 bridgehead atoms. The molecule has 1 aliphatic rings. The molecule has 2 amide bonds. The van der Waals surface area contributed by atoms with Crippen LogP contribution < -0.4 is 0 Å². The Labute approximate surface area is 151 Å². The van der Waals surface area contributed by atoms with Gasteiger partial charge in [0.2, 0.25) is 5.91 Å². The average Bonchev–Trinajstić information content (AvgIpc) is 2.67. The second-order valence-corrected chi connectivity index (χ2v) is 6.17. The van der Waals surface area contributed by atoms with Gasteiger partial charge in [-0.1, -0.05) is 18.2 Å². The number of carbonyl (C=O) groups excluding carboxylic acids is 2. The van der Waals surface area contributed by atoms with Crippen LogP contribution in [0.5, 0.6) is 0 Å². The molecule has 3 rings (SSSR count). The quantitative estimate of drug-likeness (QED) is 0.852. The van der Waals surface area contributed by atoms with Gasteiger partial charge in [-0.2, -0.15) is 5.26 Å². The van der Waals surface area contributed by atoms with Gasteiger partial charge in [-0.25, -0.2) is 4.39 Å². The Morgan fingerprint density at radius 3 is 2.38 bits per heavy atom. The molecule has 1 heterocycles. The molecule has 0 aromatic heterocycles. The molecule has 0 spiro atoms. The van der Waals surface area contributed by atoms with Crippen LogP contribution in [0.25, 0.3) is 0 Å². The van der Waals surface area contributed by atoms with Crippen LogP contribution in [-0.2, 0) is 11.2 Å². The van der Waals surface area contributed by atoms with E-state index < -0.39 is 0 Å². The molecular weight excluding hydrogens is 333 g/mol. The molecular formula is C20H18FN3O2. The third-order valence-corrected chi connectivity index (χ3v) is 4.40. The Hall–Kier alpha value is -3.20. The van der Waals surface area contributed by atoms with Crippen molar-refractivity contribution < 1.29 is 14.0 Å². The van der Waals surface area contributed by atoms with Crippen LogP contribution in [-0.4, -0.2) is 47.8 Å². The van der Waals surface area contributed by atoms with E-state index in [0.29, 0.717) is 42.9 Å². The summed E-state index contributed by atoms with van der Waals surface area (Å²) in [7, 11) is 0. The summed E-state index contributed by atoms with van der Waals surface area (Å²) in [6.45, 7) is 1.75. The predicted octanol–water partition coefficient (Wildman–Crippen LogP) is 2.22. The molecule has 6 heteroatoms. The smallest absolute Gasteiger partial charge is 0.254 e. The zero-order chi connectivity index (χ0) is 18.5. The van der Waals surface area contributed by atoms with Crippen molar-refractivity contribution in [2.75, 3.05) is 26.2 Å². The molecule has 1 aliphatic heterocycles. The maximum Gasteiger partial charge on any atom is 0.254 e. The van der Waals surface area contributed by atoms with E-state index in [4.69, 9.17) is 5.26 Å². The molecule has 0 saturated carbocycles. The Kier molecular flexibility index (Phi) is 5.28. The molecule has 2 aromatic carbocycles. The van der Waals surface area contributed by atoms with Crippen LogP contribution in [0.4, 0.5) is 4.39 Å². The lowest BCUT2D eigenvalue weighted by atomic mass is 10.1. The van der Waals surface area contributed by atoms with Gasteiger partial charge in [-0.15, -0.1) is 0 Å². The van der Waals surface area contributed by atoms with E-state index in [-0.39, 0.29) is 24.1 Å². The normalized spacial score (nSPS) is 14.0. The second kappa shape index (κ2) is 7.79. The van der Waals surface area contributed by atoms with Crippen molar-refractivity contribution in [3.8, 4) is 6.07 Å². The first kappa shape index (κ1) is 17.6. The molecule has 2 aromatic rings. The molecule has 1 fully saturated rings. The molecule has 132 valence electrons. The number of amides is 2.